The molecule has 3 heterocycles. The Morgan fingerprint density at radius 2 is 1.74 bits per heavy atom. The molecule has 1 N–H and O–H groups in total. The smallest absolute Gasteiger partial charge is 0.330 e. The lowest BCUT2D eigenvalue weighted by atomic mass is 10.0. The molecule has 8 nitrogen and oxygen atoms in total. The average molecular weight is 426 g/mol. The Morgan fingerprint density at radius 1 is 1.03 bits per heavy atom. The van der Waals surface area contributed by atoms with Crippen LogP contribution in [0.5, 0.6) is 0 Å². The number of piperazine rings is 1. The van der Waals surface area contributed by atoms with Crippen LogP contribution in [0.1, 0.15) is 42.2 Å². The molecule has 2 saturated heterocycles. The lowest BCUT2D eigenvalue weighted by molar-refractivity contribution is -0.136. The molecule has 0 aliphatic carbocycles. The van der Waals surface area contributed by atoms with Gasteiger partial charge in [0.15, 0.2) is 0 Å². The maximum Gasteiger partial charge on any atom is 0.330 e. The van der Waals surface area contributed by atoms with Crippen LogP contribution in [-0.4, -0.2) is 81.4 Å². The number of H-pyrrole nitrogens is 1. The van der Waals surface area contributed by atoms with E-state index in [9.17, 15) is 14.4 Å². The van der Waals surface area contributed by atoms with Crippen LogP contribution in [0.3, 0.4) is 0 Å². The number of amides is 2. The minimum absolute atomic E-state index is 0.0136. The maximum atomic E-state index is 12.9. The number of nitrogens with zero attached hydrogens (tertiary/aromatic N) is 4. The van der Waals surface area contributed by atoms with Crippen LogP contribution in [0.25, 0.3) is 5.69 Å². The number of likely N-dealkylation sites (tertiary alicyclic amines) is 1. The van der Waals surface area contributed by atoms with E-state index in [0.717, 1.165) is 30.8 Å². The fourth-order valence-corrected chi connectivity index (χ4v) is 4.57. The summed E-state index contributed by atoms with van der Waals surface area (Å²) in [5.41, 5.74) is 1.96. The highest BCUT2D eigenvalue weighted by Gasteiger charge is 2.27. The Hall–Kier alpha value is -2.87. The fourth-order valence-electron chi connectivity index (χ4n) is 4.57. The van der Waals surface area contributed by atoms with E-state index >= 15 is 0 Å². The summed E-state index contributed by atoms with van der Waals surface area (Å²) < 4.78 is 1.58. The molecule has 2 aliphatic rings. The number of rotatable bonds is 4. The van der Waals surface area contributed by atoms with Gasteiger partial charge in [0.2, 0.25) is 5.91 Å². The molecule has 1 aromatic carbocycles. The molecule has 2 aliphatic heterocycles. The van der Waals surface area contributed by atoms with Gasteiger partial charge in [0.1, 0.15) is 0 Å². The van der Waals surface area contributed by atoms with Gasteiger partial charge in [-0.1, -0.05) is 0 Å². The van der Waals surface area contributed by atoms with Gasteiger partial charge in [0.05, 0.1) is 12.2 Å². The first-order chi connectivity index (χ1) is 14.9. The lowest BCUT2D eigenvalue weighted by Crippen LogP contribution is -2.53. The lowest BCUT2D eigenvalue weighted by Gasteiger charge is -2.38. The molecule has 0 spiro atoms. The van der Waals surface area contributed by atoms with Crippen molar-refractivity contribution < 1.29 is 9.59 Å². The minimum Gasteiger partial charge on any atom is -0.339 e. The van der Waals surface area contributed by atoms with E-state index in [2.05, 4.69) is 16.8 Å². The molecule has 31 heavy (non-hydrogen) atoms. The second-order valence-corrected chi connectivity index (χ2v) is 8.62. The van der Waals surface area contributed by atoms with Crippen molar-refractivity contribution in [3.63, 3.8) is 0 Å². The number of aromatic amines is 1. The standard InChI is InChI=1S/C23H31N5O3/c1-17-5-3-4-10-27(17)21(29)16-25-11-13-26(14-12-25)22(30)19-6-8-20(9-7-19)28-18(2)15-24-23(28)31/h6-9,15,17H,3-5,10-14,16H2,1-2H3,(H,24,31). The minimum atomic E-state index is -0.193. The number of aromatic nitrogens is 2. The number of hydrogen-bond acceptors (Lipinski definition) is 4. The van der Waals surface area contributed by atoms with Crippen molar-refractivity contribution >= 4 is 11.8 Å². The Morgan fingerprint density at radius 3 is 2.35 bits per heavy atom. The SMILES string of the molecule is Cc1c[nH]c(=O)n1-c1ccc(C(=O)N2CCN(CC(=O)N3CCCCC3C)CC2)cc1. The summed E-state index contributed by atoms with van der Waals surface area (Å²) in [6, 6.07) is 7.46. The number of carbonyl (C=O) groups excluding carboxylic acids is 2. The first kappa shape index (κ1) is 21.4. The molecule has 1 unspecified atom stereocenters. The predicted molar refractivity (Wildman–Crippen MR) is 118 cm³/mol. The van der Waals surface area contributed by atoms with Gasteiger partial charge in [0.25, 0.3) is 5.91 Å². The van der Waals surface area contributed by atoms with Crippen LogP contribution in [0.2, 0.25) is 0 Å². The van der Waals surface area contributed by atoms with Crippen LogP contribution in [0.15, 0.2) is 35.3 Å². The molecule has 2 amide bonds. The van der Waals surface area contributed by atoms with Crippen molar-refractivity contribution in [3.05, 3.63) is 52.2 Å². The highest BCUT2D eigenvalue weighted by Crippen LogP contribution is 2.17. The van der Waals surface area contributed by atoms with Crippen molar-refractivity contribution in [2.45, 2.75) is 39.2 Å². The number of hydrogen-bond donors (Lipinski definition) is 1. The largest absolute Gasteiger partial charge is 0.339 e. The molecule has 8 heteroatoms. The second kappa shape index (κ2) is 9.09. The Kier molecular flexibility index (Phi) is 6.27. The van der Waals surface area contributed by atoms with Gasteiger partial charge < -0.3 is 14.8 Å². The topological polar surface area (TPSA) is 81.6 Å². The van der Waals surface area contributed by atoms with E-state index in [1.807, 2.05) is 16.7 Å². The fraction of sp³-hybridized carbons (Fsp3) is 0.522. The van der Waals surface area contributed by atoms with Crippen molar-refractivity contribution in [1.29, 1.82) is 0 Å². The molecule has 4 rings (SSSR count). The number of aryl methyl sites for hydroxylation is 1. The van der Waals surface area contributed by atoms with E-state index in [1.54, 1.807) is 35.0 Å². The zero-order chi connectivity index (χ0) is 22.0. The number of nitrogens with one attached hydrogen (secondary N) is 1. The summed E-state index contributed by atoms with van der Waals surface area (Å²) in [5, 5.41) is 0. The number of piperidine rings is 1. The van der Waals surface area contributed by atoms with Crippen molar-refractivity contribution in [2.75, 3.05) is 39.3 Å². The normalized spacial score (nSPS) is 20.1. The van der Waals surface area contributed by atoms with Crippen LogP contribution in [0, 0.1) is 6.92 Å². The molecule has 0 bridgehead atoms. The Balaban J connectivity index is 1.32. The molecule has 1 aromatic heterocycles. The first-order valence-corrected chi connectivity index (χ1v) is 11.1. The molecular formula is C23H31N5O3. The van der Waals surface area contributed by atoms with E-state index in [-0.39, 0.29) is 17.5 Å². The third-order valence-electron chi connectivity index (χ3n) is 6.47. The maximum absolute atomic E-state index is 12.9. The third-order valence-corrected chi connectivity index (χ3v) is 6.47. The zero-order valence-electron chi connectivity index (χ0n) is 18.3. The van der Waals surface area contributed by atoms with Crippen LogP contribution < -0.4 is 5.69 Å². The summed E-state index contributed by atoms with van der Waals surface area (Å²) in [6.45, 7) is 7.92. The highest BCUT2D eigenvalue weighted by atomic mass is 16.2. The van der Waals surface area contributed by atoms with E-state index in [4.69, 9.17) is 0 Å². The van der Waals surface area contributed by atoms with Gasteiger partial charge in [-0.05, 0) is 57.4 Å². The average Bonchev–Trinajstić information content (AvgIpc) is 3.12. The van der Waals surface area contributed by atoms with Gasteiger partial charge in [-0.2, -0.15) is 0 Å². The summed E-state index contributed by atoms with van der Waals surface area (Å²) in [4.78, 5) is 46.2. The second-order valence-electron chi connectivity index (χ2n) is 8.62. The van der Waals surface area contributed by atoms with E-state index in [0.29, 0.717) is 44.3 Å². The number of imidazole rings is 1. The molecule has 1 atom stereocenters. The van der Waals surface area contributed by atoms with Crippen LogP contribution in [-0.2, 0) is 4.79 Å². The van der Waals surface area contributed by atoms with Gasteiger partial charge in [-0.25, -0.2) is 4.79 Å². The predicted octanol–water partition coefficient (Wildman–Crippen LogP) is 1.63. The molecule has 166 valence electrons. The van der Waals surface area contributed by atoms with E-state index < -0.39 is 0 Å². The molecule has 0 radical (unpaired) electrons. The van der Waals surface area contributed by atoms with Crippen molar-refractivity contribution in [1.82, 2.24) is 24.3 Å². The summed E-state index contributed by atoms with van der Waals surface area (Å²) in [6.07, 6.45) is 5.05. The molecule has 2 aromatic rings. The van der Waals surface area contributed by atoms with Gasteiger partial charge in [0, 0.05) is 56.2 Å². The first-order valence-electron chi connectivity index (χ1n) is 11.1. The van der Waals surface area contributed by atoms with Crippen molar-refractivity contribution in [2.24, 2.45) is 0 Å². The highest BCUT2D eigenvalue weighted by molar-refractivity contribution is 5.94. The number of benzene rings is 1. The Labute approximate surface area is 182 Å². The molecular weight excluding hydrogens is 394 g/mol. The van der Waals surface area contributed by atoms with Crippen LogP contribution in [0.4, 0.5) is 0 Å². The molecule has 2 fully saturated rings. The van der Waals surface area contributed by atoms with E-state index in [1.165, 1.54) is 6.42 Å². The summed E-state index contributed by atoms with van der Waals surface area (Å²) >= 11 is 0. The summed E-state index contributed by atoms with van der Waals surface area (Å²) in [7, 11) is 0. The number of carbonyl (C=O) groups is 2. The van der Waals surface area contributed by atoms with Gasteiger partial charge in [-0.15, -0.1) is 0 Å². The summed E-state index contributed by atoms with van der Waals surface area (Å²) in [5.74, 6) is 0.193. The quantitative estimate of drug-likeness (QED) is 0.807. The van der Waals surface area contributed by atoms with Crippen molar-refractivity contribution in [3.8, 4) is 5.69 Å². The third kappa shape index (κ3) is 4.58. The van der Waals surface area contributed by atoms with Crippen LogP contribution >= 0.6 is 0 Å². The monoisotopic (exact) mass is 425 g/mol. The van der Waals surface area contributed by atoms with Gasteiger partial charge >= 0.3 is 5.69 Å². The van der Waals surface area contributed by atoms with Gasteiger partial charge in [-0.3, -0.25) is 19.1 Å². The Bertz CT molecular complexity index is 985. The zero-order valence-corrected chi connectivity index (χ0v) is 18.3. The molecule has 0 saturated carbocycles.